The molecule has 12 nitrogen and oxygen atoms in total. The van der Waals surface area contributed by atoms with Crippen LogP contribution in [-0.4, -0.2) is 67.4 Å². The molecule has 1 aliphatic rings. The number of anilines is 1. The lowest BCUT2D eigenvalue weighted by Gasteiger charge is -2.24. The van der Waals surface area contributed by atoms with Crippen LogP contribution in [-0.2, 0) is 28.6 Å². The van der Waals surface area contributed by atoms with E-state index in [2.05, 4.69) is 20.3 Å². The second-order valence-corrected chi connectivity index (χ2v) is 7.78. The fourth-order valence-electron chi connectivity index (χ4n) is 3.92. The molecule has 0 aliphatic carbocycles. The molecule has 4 atom stereocenters. The lowest BCUT2D eigenvalue weighted by molar-refractivity contribution is -0.165. The topological polar surface area (TPSA) is 155 Å². The summed E-state index contributed by atoms with van der Waals surface area (Å²) < 4.78 is 31.9. The quantitative estimate of drug-likeness (QED) is 0.487. The number of esters is 2. The highest BCUT2D eigenvalue weighted by molar-refractivity contribution is 5.96. The predicted octanol–water partition coefficient (Wildman–Crippen LogP) is 1.34. The largest absolute Gasteiger partial charge is 0.456 e. The fraction of sp³-hybridized carbons (Fsp3) is 0.364. The SMILES string of the molecule is CC(=O)Nc1ncnc2c1nc(-c1ccc(F)cc1)n2[C@@H]1O[C@H](CO)[C@@H](OC(C)=O)[C@H]1OC(C)=O. The summed E-state index contributed by atoms with van der Waals surface area (Å²) in [7, 11) is 0. The van der Waals surface area contributed by atoms with Gasteiger partial charge in [-0.1, -0.05) is 0 Å². The van der Waals surface area contributed by atoms with Crippen molar-refractivity contribution < 1.29 is 38.1 Å². The monoisotopic (exact) mass is 487 g/mol. The molecule has 2 N–H and O–H groups in total. The van der Waals surface area contributed by atoms with E-state index in [-0.39, 0.29) is 22.8 Å². The van der Waals surface area contributed by atoms with Gasteiger partial charge < -0.3 is 24.6 Å². The maximum atomic E-state index is 13.6. The third kappa shape index (κ3) is 4.81. The molecule has 0 radical (unpaired) electrons. The first-order valence-corrected chi connectivity index (χ1v) is 10.6. The van der Waals surface area contributed by atoms with Crippen molar-refractivity contribution in [2.75, 3.05) is 11.9 Å². The van der Waals surface area contributed by atoms with Crippen LogP contribution in [0.25, 0.3) is 22.6 Å². The Morgan fingerprint density at radius 3 is 2.34 bits per heavy atom. The molecule has 0 bridgehead atoms. The molecule has 1 aliphatic heterocycles. The van der Waals surface area contributed by atoms with Crippen molar-refractivity contribution >= 4 is 34.8 Å². The van der Waals surface area contributed by atoms with Crippen LogP contribution in [0.5, 0.6) is 0 Å². The molecule has 4 rings (SSSR count). The molecule has 3 heterocycles. The van der Waals surface area contributed by atoms with E-state index in [1.54, 1.807) is 0 Å². The molecular formula is C22H22FN5O7. The van der Waals surface area contributed by atoms with Crippen LogP contribution in [0.4, 0.5) is 10.2 Å². The number of aliphatic hydroxyl groups excluding tert-OH is 1. The smallest absolute Gasteiger partial charge is 0.303 e. The zero-order valence-electron chi connectivity index (χ0n) is 19.0. The van der Waals surface area contributed by atoms with E-state index in [1.165, 1.54) is 55.9 Å². The van der Waals surface area contributed by atoms with Gasteiger partial charge in [-0.15, -0.1) is 0 Å². The van der Waals surface area contributed by atoms with E-state index < -0.39 is 54.8 Å². The Labute approximate surface area is 198 Å². The number of hydrogen-bond acceptors (Lipinski definition) is 10. The fourth-order valence-corrected chi connectivity index (χ4v) is 3.92. The molecule has 3 aromatic rings. The zero-order valence-corrected chi connectivity index (χ0v) is 19.0. The average molecular weight is 487 g/mol. The Kier molecular flexibility index (Phi) is 6.71. The lowest BCUT2D eigenvalue weighted by atomic mass is 10.1. The number of aliphatic hydroxyl groups is 1. The molecule has 184 valence electrons. The van der Waals surface area contributed by atoms with Crippen molar-refractivity contribution in [3.05, 3.63) is 36.4 Å². The minimum Gasteiger partial charge on any atom is -0.456 e. The number of carbonyl (C=O) groups is 3. The Hall–Kier alpha value is -3.97. The van der Waals surface area contributed by atoms with Crippen LogP contribution in [0, 0.1) is 5.82 Å². The van der Waals surface area contributed by atoms with Gasteiger partial charge in [-0.2, -0.15) is 0 Å². The summed E-state index contributed by atoms with van der Waals surface area (Å²) in [6, 6.07) is 5.41. The Bertz CT molecular complexity index is 1280. The first kappa shape index (κ1) is 24.2. The molecule has 13 heteroatoms. The van der Waals surface area contributed by atoms with E-state index in [1.807, 2.05) is 0 Å². The highest BCUT2D eigenvalue weighted by Gasteiger charge is 2.51. The molecule has 1 saturated heterocycles. The number of ether oxygens (including phenoxy) is 3. The second kappa shape index (κ2) is 9.72. The molecule has 0 unspecified atom stereocenters. The van der Waals surface area contributed by atoms with Crippen LogP contribution in [0.2, 0.25) is 0 Å². The number of fused-ring (bicyclic) bond motifs is 1. The summed E-state index contributed by atoms with van der Waals surface area (Å²) in [4.78, 5) is 48.3. The predicted molar refractivity (Wildman–Crippen MR) is 117 cm³/mol. The number of benzene rings is 1. The summed E-state index contributed by atoms with van der Waals surface area (Å²) in [6.45, 7) is 3.11. The summed E-state index contributed by atoms with van der Waals surface area (Å²) in [5.74, 6) is -1.88. The highest BCUT2D eigenvalue weighted by Crippen LogP contribution is 2.39. The van der Waals surface area contributed by atoms with Crippen molar-refractivity contribution in [2.24, 2.45) is 0 Å². The Balaban J connectivity index is 1.95. The van der Waals surface area contributed by atoms with Gasteiger partial charge in [0, 0.05) is 26.3 Å². The number of nitrogens with one attached hydrogen (secondary N) is 1. The van der Waals surface area contributed by atoms with Crippen molar-refractivity contribution in [3.8, 4) is 11.4 Å². The van der Waals surface area contributed by atoms with Crippen LogP contribution in [0.1, 0.15) is 27.0 Å². The van der Waals surface area contributed by atoms with Crippen LogP contribution >= 0.6 is 0 Å². The van der Waals surface area contributed by atoms with Gasteiger partial charge >= 0.3 is 11.9 Å². The van der Waals surface area contributed by atoms with Crippen molar-refractivity contribution in [3.63, 3.8) is 0 Å². The van der Waals surface area contributed by atoms with Gasteiger partial charge in [0.15, 0.2) is 35.4 Å². The molecule has 1 aromatic carbocycles. The van der Waals surface area contributed by atoms with Gasteiger partial charge in [0.25, 0.3) is 0 Å². The molecule has 0 spiro atoms. The number of halogens is 1. The zero-order chi connectivity index (χ0) is 25.3. The minimum atomic E-state index is -1.19. The normalized spacial score (nSPS) is 21.6. The number of amides is 1. The number of carbonyl (C=O) groups excluding carboxylic acids is 3. The molecule has 0 saturated carbocycles. The van der Waals surface area contributed by atoms with E-state index in [9.17, 15) is 23.9 Å². The van der Waals surface area contributed by atoms with Gasteiger partial charge in [-0.25, -0.2) is 19.3 Å². The number of hydrogen-bond donors (Lipinski definition) is 2. The van der Waals surface area contributed by atoms with Gasteiger partial charge in [0.2, 0.25) is 5.91 Å². The molecule has 35 heavy (non-hydrogen) atoms. The van der Waals surface area contributed by atoms with E-state index in [0.29, 0.717) is 5.56 Å². The maximum Gasteiger partial charge on any atom is 0.303 e. The number of imidazole rings is 1. The number of rotatable bonds is 6. The lowest BCUT2D eigenvalue weighted by Crippen LogP contribution is -2.40. The molecule has 2 aromatic heterocycles. The Morgan fingerprint density at radius 2 is 1.74 bits per heavy atom. The van der Waals surface area contributed by atoms with Crippen LogP contribution < -0.4 is 5.32 Å². The minimum absolute atomic E-state index is 0.113. The van der Waals surface area contributed by atoms with Gasteiger partial charge in [0.1, 0.15) is 24.1 Å². The van der Waals surface area contributed by atoms with Crippen LogP contribution in [0.15, 0.2) is 30.6 Å². The summed E-state index contributed by atoms with van der Waals surface area (Å²) in [6.07, 6.45) is -3.33. The van der Waals surface area contributed by atoms with E-state index in [0.717, 1.165) is 0 Å². The first-order chi connectivity index (χ1) is 16.7. The van der Waals surface area contributed by atoms with Crippen molar-refractivity contribution in [1.82, 2.24) is 19.5 Å². The number of nitrogens with zero attached hydrogens (tertiary/aromatic N) is 4. The van der Waals surface area contributed by atoms with E-state index in [4.69, 9.17) is 14.2 Å². The standard InChI is InChI=1S/C22H22FN5O7/c1-10(30)26-19-16-21(25-9-24-19)28(20(27-16)13-4-6-14(23)7-5-13)22-18(34-12(3)32)17(33-11(2)31)15(8-29)35-22/h4-7,9,15,17-18,22,29H,8H2,1-3H3,(H,24,25,26,30)/t15-,17-,18-,22-/m1/s1. The van der Waals surface area contributed by atoms with Gasteiger partial charge in [-0.3, -0.25) is 19.0 Å². The Morgan fingerprint density at radius 1 is 1.09 bits per heavy atom. The summed E-state index contributed by atoms with van der Waals surface area (Å²) in [5, 5.41) is 12.5. The average Bonchev–Trinajstić information content (AvgIpc) is 3.32. The summed E-state index contributed by atoms with van der Waals surface area (Å²) in [5.41, 5.74) is 0.814. The molecule has 1 fully saturated rings. The van der Waals surface area contributed by atoms with Crippen molar-refractivity contribution in [2.45, 2.75) is 45.3 Å². The molecule has 1 amide bonds. The van der Waals surface area contributed by atoms with Gasteiger partial charge in [0.05, 0.1) is 6.61 Å². The third-order valence-corrected chi connectivity index (χ3v) is 5.20. The molecular weight excluding hydrogens is 465 g/mol. The van der Waals surface area contributed by atoms with Crippen molar-refractivity contribution in [1.29, 1.82) is 0 Å². The van der Waals surface area contributed by atoms with E-state index >= 15 is 0 Å². The van der Waals surface area contributed by atoms with Gasteiger partial charge in [-0.05, 0) is 24.3 Å². The summed E-state index contributed by atoms with van der Waals surface area (Å²) >= 11 is 0. The highest BCUT2D eigenvalue weighted by atomic mass is 19.1. The maximum absolute atomic E-state index is 13.6. The number of aromatic nitrogens is 4. The first-order valence-electron chi connectivity index (χ1n) is 10.6. The second-order valence-electron chi connectivity index (χ2n) is 7.78. The third-order valence-electron chi connectivity index (χ3n) is 5.20. The van der Waals surface area contributed by atoms with Crippen LogP contribution in [0.3, 0.4) is 0 Å².